The molecule has 1 N–H and O–H groups in total. The van der Waals surface area contributed by atoms with Crippen LogP contribution in [0, 0.1) is 5.82 Å². The zero-order valence-corrected chi connectivity index (χ0v) is 19.4. The fourth-order valence-corrected chi connectivity index (χ4v) is 4.19. The van der Waals surface area contributed by atoms with Gasteiger partial charge in [0.2, 0.25) is 5.88 Å². The molecule has 2 heterocycles. The first-order valence-electron chi connectivity index (χ1n) is 11.4. The highest BCUT2D eigenvalue weighted by molar-refractivity contribution is 5.84. The zero-order chi connectivity index (χ0) is 23.7. The van der Waals surface area contributed by atoms with E-state index in [4.69, 9.17) is 14.7 Å². The van der Waals surface area contributed by atoms with Gasteiger partial charge in [0.05, 0.1) is 46.3 Å². The number of halogens is 1. The second kappa shape index (κ2) is 9.09. The lowest BCUT2D eigenvalue weighted by Gasteiger charge is -2.21. The molecule has 0 radical (unpaired) electrons. The topological polar surface area (TPSA) is 63.8 Å². The minimum atomic E-state index is -0.272. The summed E-state index contributed by atoms with van der Waals surface area (Å²) < 4.78 is 21.3. The molecule has 7 heteroatoms. The van der Waals surface area contributed by atoms with Crippen molar-refractivity contribution in [1.29, 1.82) is 0 Å². The molecule has 0 fully saturated rings. The van der Waals surface area contributed by atoms with Gasteiger partial charge in [-0.15, -0.1) is 0 Å². The predicted octanol–water partition coefficient (Wildman–Crippen LogP) is 5.67. The normalized spacial score (nSPS) is 14.4. The predicted molar refractivity (Wildman–Crippen MR) is 134 cm³/mol. The van der Waals surface area contributed by atoms with Crippen molar-refractivity contribution in [2.45, 2.75) is 32.7 Å². The van der Waals surface area contributed by atoms with E-state index in [-0.39, 0.29) is 11.9 Å². The van der Waals surface area contributed by atoms with E-state index in [9.17, 15) is 4.39 Å². The van der Waals surface area contributed by atoms with E-state index in [1.54, 1.807) is 19.2 Å². The number of fused-ring (bicyclic) bond motifs is 2. The van der Waals surface area contributed by atoms with Crippen LogP contribution in [0.5, 0.6) is 0 Å². The Labute approximate surface area is 197 Å². The summed E-state index contributed by atoms with van der Waals surface area (Å²) >= 11 is 0. The molecule has 5 rings (SSSR count). The van der Waals surface area contributed by atoms with E-state index in [0.717, 1.165) is 57.7 Å². The highest BCUT2D eigenvalue weighted by Gasteiger charge is 2.18. The van der Waals surface area contributed by atoms with Crippen LogP contribution in [0.25, 0.3) is 28.1 Å². The molecule has 0 atom stereocenters. The number of benzene rings is 3. The molecule has 2 aromatic carbocycles. The summed E-state index contributed by atoms with van der Waals surface area (Å²) in [5, 5.41) is 4.32. The van der Waals surface area contributed by atoms with Crippen molar-refractivity contribution in [3.8, 4) is 17.1 Å². The first kappa shape index (κ1) is 21.8. The van der Waals surface area contributed by atoms with E-state index in [0.29, 0.717) is 5.88 Å². The van der Waals surface area contributed by atoms with Crippen LogP contribution < -0.4 is 10.7 Å². The number of methoxy groups -OCH3 is 1. The SMILES string of the molecule is COC1=C(Nc2cc3nc4ccccc4n(-c4ccc(F)cc4)c-3c/c2=N\C(C)C)CCC=N1. The van der Waals surface area contributed by atoms with E-state index in [1.807, 2.05) is 56.5 Å². The van der Waals surface area contributed by atoms with Gasteiger partial charge in [-0.3, -0.25) is 4.99 Å². The van der Waals surface area contributed by atoms with Gasteiger partial charge in [0.15, 0.2) is 0 Å². The lowest BCUT2D eigenvalue weighted by molar-refractivity contribution is 0.281. The highest BCUT2D eigenvalue weighted by atomic mass is 19.1. The number of nitrogens with one attached hydrogen (secondary N) is 1. The fraction of sp³-hybridized carbons (Fsp3) is 0.222. The molecule has 0 saturated heterocycles. The molecule has 0 saturated carbocycles. The van der Waals surface area contributed by atoms with Crippen LogP contribution in [0.3, 0.4) is 0 Å². The van der Waals surface area contributed by atoms with Crippen molar-refractivity contribution >= 4 is 22.9 Å². The Hall–Kier alpha value is -4.00. The molecule has 0 spiro atoms. The lowest BCUT2D eigenvalue weighted by Crippen LogP contribution is -2.19. The van der Waals surface area contributed by atoms with Gasteiger partial charge in [0, 0.05) is 17.9 Å². The van der Waals surface area contributed by atoms with Gasteiger partial charge in [0.1, 0.15) is 5.82 Å². The molecule has 0 amide bonds. The van der Waals surface area contributed by atoms with E-state index in [1.165, 1.54) is 12.1 Å². The third-order valence-electron chi connectivity index (χ3n) is 5.65. The van der Waals surface area contributed by atoms with E-state index in [2.05, 4.69) is 14.9 Å². The Kier molecular flexibility index (Phi) is 5.84. The van der Waals surface area contributed by atoms with Crippen molar-refractivity contribution < 1.29 is 9.13 Å². The summed E-state index contributed by atoms with van der Waals surface area (Å²) in [6.07, 6.45) is 3.50. The van der Waals surface area contributed by atoms with Gasteiger partial charge >= 0.3 is 0 Å². The van der Waals surface area contributed by atoms with Crippen LogP contribution in [0.1, 0.15) is 26.7 Å². The van der Waals surface area contributed by atoms with Crippen molar-refractivity contribution in [2.75, 3.05) is 12.4 Å². The number of hydrogen-bond acceptors (Lipinski definition) is 5. The minimum Gasteiger partial charge on any atom is -0.480 e. The van der Waals surface area contributed by atoms with Crippen molar-refractivity contribution in [2.24, 2.45) is 9.98 Å². The number of nitrogens with zero attached hydrogens (tertiary/aromatic N) is 4. The number of aliphatic imine (C=N–C) groups is 1. The number of anilines is 1. The van der Waals surface area contributed by atoms with E-state index < -0.39 is 0 Å². The summed E-state index contributed by atoms with van der Waals surface area (Å²) in [4.78, 5) is 14.2. The number of ether oxygens (including phenoxy) is 1. The molecule has 34 heavy (non-hydrogen) atoms. The number of allylic oxidation sites excluding steroid dienone is 1. The standard InChI is InChI=1S/C27H26FN5O/c1-17(2)30-23-16-26-24(15-22(23)32-21-8-6-14-29-27(21)34-3)31-20-7-4-5-9-25(20)33(26)19-12-10-18(28)11-13-19/h4-5,7,9-17,32H,6,8H2,1-3H3/b30-23+. The van der Waals surface area contributed by atoms with Crippen LogP contribution in [-0.4, -0.2) is 28.9 Å². The largest absolute Gasteiger partial charge is 0.480 e. The van der Waals surface area contributed by atoms with Crippen molar-refractivity contribution in [3.05, 3.63) is 83.4 Å². The third-order valence-corrected chi connectivity index (χ3v) is 5.65. The second-order valence-corrected chi connectivity index (χ2v) is 8.46. The van der Waals surface area contributed by atoms with Crippen LogP contribution >= 0.6 is 0 Å². The highest BCUT2D eigenvalue weighted by Crippen LogP contribution is 2.30. The maximum Gasteiger partial charge on any atom is 0.232 e. The summed E-state index contributed by atoms with van der Waals surface area (Å²) in [6, 6.07) is 18.6. The van der Waals surface area contributed by atoms with Crippen LogP contribution in [-0.2, 0) is 4.74 Å². The molecule has 1 aliphatic carbocycles. The number of hydrogen-bond donors (Lipinski definition) is 1. The van der Waals surface area contributed by atoms with Gasteiger partial charge in [-0.1, -0.05) is 12.1 Å². The molecule has 6 nitrogen and oxygen atoms in total. The van der Waals surface area contributed by atoms with Gasteiger partial charge < -0.3 is 14.6 Å². The Morgan fingerprint density at radius 2 is 1.88 bits per heavy atom. The average Bonchev–Trinajstić information content (AvgIpc) is 2.84. The Balaban J connectivity index is 1.80. The molecule has 0 unspecified atom stereocenters. The quantitative estimate of drug-likeness (QED) is 0.394. The van der Waals surface area contributed by atoms with Gasteiger partial charge in [0.25, 0.3) is 0 Å². The van der Waals surface area contributed by atoms with Crippen LogP contribution in [0.4, 0.5) is 10.1 Å². The number of para-hydroxylation sites is 2. The summed E-state index contributed by atoms with van der Waals surface area (Å²) in [6.45, 7) is 4.09. The smallest absolute Gasteiger partial charge is 0.232 e. The fourth-order valence-electron chi connectivity index (χ4n) is 4.19. The minimum absolute atomic E-state index is 0.0888. The van der Waals surface area contributed by atoms with Crippen molar-refractivity contribution in [3.63, 3.8) is 0 Å². The van der Waals surface area contributed by atoms with E-state index >= 15 is 0 Å². The molecule has 0 aromatic heterocycles. The number of rotatable bonds is 5. The van der Waals surface area contributed by atoms with Gasteiger partial charge in [-0.05, 0) is 75.2 Å². The molecule has 3 aliphatic rings. The van der Waals surface area contributed by atoms with Gasteiger partial charge in [-0.25, -0.2) is 14.4 Å². The Morgan fingerprint density at radius 1 is 1.09 bits per heavy atom. The summed E-state index contributed by atoms with van der Waals surface area (Å²) in [5.41, 5.74) is 6.08. The zero-order valence-electron chi connectivity index (χ0n) is 19.4. The molecule has 172 valence electrons. The third kappa shape index (κ3) is 4.17. The summed E-state index contributed by atoms with van der Waals surface area (Å²) in [5.74, 6) is 0.307. The van der Waals surface area contributed by atoms with Crippen molar-refractivity contribution in [1.82, 2.24) is 9.55 Å². The summed E-state index contributed by atoms with van der Waals surface area (Å²) in [7, 11) is 1.62. The second-order valence-electron chi connectivity index (χ2n) is 8.46. The monoisotopic (exact) mass is 455 g/mol. The first-order valence-corrected chi connectivity index (χ1v) is 11.4. The molecule has 2 aromatic rings. The Bertz CT molecular complexity index is 1450. The van der Waals surface area contributed by atoms with Crippen LogP contribution in [0.2, 0.25) is 0 Å². The maximum atomic E-state index is 13.7. The average molecular weight is 456 g/mol. The Morgan fingerprint density at radius 3 is 2.65 bits per heavy atom. The molecular weight excluding hydrogens is 429 g/mol. The first-order chi connectivity index (χ1) is 16.5. The van der Waals surface area contributed by atoms with Crippen LogP contribution in [0.15, 0.2) is 82.2 Å². The van der Waals surface area contributed by atoms with Gasteiger partial charge in [-0.2, -0.15) is 0 Å². The maximum absolute atomic E-state index is 13.7. The molecule has 0 bridgehead atoms. The molecule has 2 aliphatic heterocycles. The molecular formula is C27H26FN5O. The lowest BCUT2D eigenvalue weighted by atomic mass is 10.1. The number of aromatic nitrogens is 2.